The van der Waals surface area contributed by atoms with Gasteiger partial charge in [-0.3, -0.25) is 0 Å². The van der Waals surface area contributed by atoms with E-state index in [0.29, 0.717) is 0 Å². The monoisotopic (exact) mass is 292 g/mol. The van der Waals surface area contributed by atoms with Crippen molar-refractivity contribution in [2.75, 3.05) is 4.43 Å². The average Bonchev–Trinajstić information content (AvgIpc) is 1.84. The molecule has 68 valence electrons. The minimum Gasteiger partial charge on any atom is -0.231 e. The molecule has 11 heavy (non-hydrogen) atoms. The fourth-order valence-corrected chi connectivity index (χ4v) is 0.694. The highest BCUT2D eigenvalue weighted by atomic mass is 127. The summed E-state index contributed by atoms with van der Waals surface area (Å²) in [4.78, 5) is 0. The Morgan fingerprint density at radius 2 is 1.45 bits per heavy atom. The highest BCUT2D eigenvalue weighted by molar-refractivity contribution is 14.1. The minimum absolute atomic E-state index is 0.995. The minimum atomic E-state index is -5.48. The van der Waals surface area contributed by atoms with Gasteiger partial charge in [-0.05, 0) is 0 Å². The molecule has 0 aromatic heterocycles. The van der Waals surface area contributed by atoms with Crippen LogP contribution in [0.4, 0.5) is 26.3 Å². The van der Waals surface area contributed by atoms with Crippen LogP contribution in [0.1, 0.15) is 0 Å². The predicted octanol–water partition coefficient (Wildman–Crippen LogP) is 2.96. The van der Waals surface area contributed by atoms with Gasteiger partial charge in [-0.1, -0.05) is 22.6 Å². The van der Waals surface area contributed by atoms with Gasteiger partial charge in [0.25, 0.3) is 12.1 Å². The van der Waals surface area contributed by atoms with Crippen molar-refractivity contribution in [2.24, 2.45) is 0 Å². The maximum atomic E-state index is 11.9. The third-order valence-electron chi connectivity index (χ3n) is 0.836. The lowest BCUT2D eigenvalue weighted by atomic mass is 10.2. The molecular formula is C4H3F6I. The van der Waals surface area contributed by atoms with Gasteiger partial charge >= 0.3 is 6.18 Å². The summed E-state index contributed by atoms with van der Waals surface area (Å²) in [5.74, 6) is -4.32. The van der Waals surface area contributed by atoms with Crippen molar-refractivity contribution >= 4 is 22.6 Å². The summed E-state index contributed by atoms with van der Waals surface area (Å²) >= 11 is 0.995. The summed E-state index contributed by atoms with van der Waals surface area (Å²) in [5, 5.41) is 0. The molecule has 0 saturated heterocycles. The van der Waals surface area contributed by atoms with Crippen LogP contribution in [0.5, 0.6) is 0 Å². The van der Waals surface area contributed by atoms with E-state index in [-0.39, 0.29) is 0 Å². The maximum Gasteiger partial charge on any atom is 0.425 e. The predicted molar refractivity (Wildman–Crippen MR) is 34.8 cm³/mol. The highest BCUT2D eigenvalue weighted by Crippen LogP contribution is 2.35. The molecule has 7 heteroatoms. The maximum absolute atomic E-state index is 11.9. The van der Waals surface area contributed by atoms with Crippen LogP contribution in [-0.4, -0.2) is 22.7 Å². The summed E-state index contributed by atoms with van der Waals surface area (Å²) in [6, 6.07) is 0. The van der Waals surface area contributed by atoms with E-state index in [1.807, 2.05) is 0 Å². The number of alkyl halides is 7. The van der Waals surface area contributed by atoms with Crippen molar-refractivity contribution < 1.29 is 26.3 Å². The molecule has 0 fully saturated rings. The second-order valence-electron chi connectivity index (χ2n) is 1.80. The molecule has 0 saturated carbocycles. The zero-order valence-electron chi connectivity index (χ0n) is 4.93. The molecule has 0 spiro atoms. The van der Waals surface area contributed by atoms with E-state index in [9.17, 15) is 26.3 Å². The second-order valence-corrected chi connectivity index (χ2v) is 2.56. The summed E-state index contributed by atoms with van der Waals surface area (Å²) in [5.41, 5.74) is 0. The van der Waals surface area contributed by atoms with Crippen molar-refractivity contribution in [3.8, 4) is 0 Å². The van der Waals surface area contributed by atoms with Crippen molar-refractivity contribution in [2.45, 2.75) is 18.3 Å². The van der Waals surface area contributed by atoms with Gasteiger partial charge < -0.3 is 0 Å². The molecule has 0 aliphatic rings. The summed E-state index contributed by atoms with van der Waals surface area (Å²) < 4.78 is 68.3. The molecule has 0 amide bonds. The van der Waals surface area contributed by atoms with Gasteiger partial charge in [0.15, 0.2) is 0 Å². The van der Waals surface area contributed by atoms with E-state index in [4.69, 9.17) is 0 Å². The Balaban J connectivity index is 4.35. The van der Waals surface area contributed by atoms with Crippen LogP contribution in [0.25, 0.3) is 0 Å². The molecule has 0 nitrogen and oxygen atoms in total. The first kappa shape index (κ1) is 11.3. The lowest BCUT2D eigenvalue weighted by molar-refractivity contribution is -0.236. The summed E-state index contributed by atoms with van der Waals surface area (Å²) in [7, 11) is 0. The van der Waals surface area contributed by atoms with Crippen molar-refractivity contribution in [3.63, 3.8) is 0 Å². The second kappa shape index (κ2) is 3.36. The van der Waals surface area contributed by atoms with E-state index in [0.717, 1.165) is 22.6 Å². The van der Waals surface area contributed by atoms with Crippen molar-refractivity contribution in [3.05, 3.63) is 0 Å². The molecule has 1 atom stereocenters. The molecule has 0 aliphatic carbocycles. The molecule has 0 radical (unpaired) electrons. The Morgan fingerprint density at radius 1 is 1.09 bits per heavy atom. The summed E-state index contributed by atoms with van der Waals surface area (Å²) in [6.45, 7) is 0. The van der Waals surface area contributed by atoms with E-state index in [1.54, 1.807) is 0 Å². The molecule has 0 aromatic rings. The van der Waals surface area contributed by atoms with Crippen molar-refractivity contribution in [1.82, 2.24) is 0 Å². The number of hydrogen-bond acceptors (Lipinski definition) is 0. The molecule has 0 rings (SSSR count). The van der Waals surface area contributed by atoms with Crippen LogP contribution in [0.2, 0.25) is 0 Å². The van der Waals surface area contributed by atoms with Gasteiger partial charge in [-0.15, -0.1) is 0 Å². The van der Waals surface area contributed by atoms with Gasteiger partial charge in [0.2, 0.25) is 0 Å². The van der Waals surface area contributed by atoms with Gasteiger partial charge in [-0.2, -0.15) is 13.2 Å². The third kappa shape index (κ3) is 3.04. The smallest absolute Gasteiger partial charge is 0.231 e. The van der Waals surface area contributed by atoms with E-state index < -0.39 is 22.7 Å². The fraction of sp³-hybridized carbons (Fsp3) is 1.00. The standard InChI is InChI=1S/C4H3F6I/c5-2(4(8,9)10)3(6,7)1-11/h2H,1H2/t2-/m1/s1. The van der Waals surface area contributed by atoms with Gasteiger partial charge in [0.05, 0.1) is 4.43 Å². The Labute approximate surface area is 72.1 Å². The van der Waals surface area contributed by atoms with E-state index in [2.05, 4.69) is 0 Å². The first-order valence-electron chi connectivity index (χ1n) is 2.36. The molecule has 0 N–H and O–H groups in total. The quantitative estimate of drug-likeness (QED) is 0.417. The van der Waals surface area contributed by atoms with Crippen LogP contribution in [0.3, 0.4) is 0 Å². The van der Waals surface area contributed by atoms with Crippen LogP contribution in [-0.2, 0) is 0 Å². The Kier molecular flexibility index (Phi) is 3.45. The van der Waals surface area contributed by atoms with Gasteiger partial charge in [0.1, 0.15) is 0 Å². The largest absolute Gasteiger partial charge is 0.425 e. The number of halogens is 7. The van der Waals surface area contributed by atoms with Crippen LogP contribution >= 0.6 is 22.6 Å². The highest BCUT2D eigenvalue weighted by Gasteiger charge is 2.55. The molecule has 0 heterocycles. The Hall–Kier alpha value is 0.310. The molecule has 0 unspecified atom stereocenters. The summed E-state index contributed by atoms with van der Waals surface area (Å²) in [6.07, 6.45) is -9.54. The fourth-order valence-electron chi connectivity index (χ4n) is 0.307. The molecular weight excluding hydrogens is 289 g/mol. The zero-order chi connectivity index (χ0) is 9.28. The van der Waals surface area contributed by atoms with Crippen LogP contribution < -0.4 is 0 Å². The Bertz CT molecular complexity index is 129. The van der Waals surface area contributed by atoms with Gasteiger partial charge in [0, 0.05) is 0 Å². The van der Waals surface area contributed by atoms with Crippen LogP contribution in [0, 0.1) is 0 Å². The average molecular weight is 292 g/mol. The number of hydrogen-bond donors (Lipinski definition) is 0. The normalized spacial score (nSPS) is 16.6. The van der Waals surface area contributed by atoms with Crippen LogP contribution in [0.15, 0.2) is 0 Å². The Morgan fingerprint density at radius 3 is 1.55 bits per heavy atom. The topological polar surface area (TPSA) is 0 Å². The third-order valence-corrected chi connectivity index (χ3v) is 1.85. The zero-order valence-corrected chi connectivity index (χ0v) is 7.09. The molecule has 0 aromatic carbocycles. The van der Waals surface area contributed by atoms with E-state index >= 15 is 0 Å². The lowest BCUT2D eigenvalue weighted by Gasteiger charge is -2.20. The molecule has 0 aliphatic heterocycles. The van der Waals surface area contributed by atoms with E-state index in [1.165, 1.54) is 0 Å². The van der Waals surface area contributed by atoms with Crippen molar-refractivity contribution in [1.29, 1.82) is 0 Å². The lowest BCUT2D eigenvalue weighted by Crippen LogP contribution is -2.42. The molecule has 0 bridgehead atoms. The first-order chi connectivity index (χ1) is 4.72. The SMILES string of the molecule is F[C@@H](C(F)(F)F)C(F)(F)CI. The van der Waals surface area contributed by atoms with Gasteiger partial charge in [-0.25, -0.2) is 13.2 Å². The number of rotatable bonds is 2. The first-order valence-corrected chi connectivity index (χ1v) is 3.89.